The Kier molecular flexibility index (Phi) is 3.88. The van der Waals surface area contributed by atoms with Gasteiger partial charge in [-0.15, -0.1) is 0 Å². The molecule has 2 aromatic carbocycles. The molecule has 0 heterocycles. The summed E-state index contributed by atoms with van der Waals surface area (Å²) in [5, 5.41) is 8.70. The second kappa shape index (κ2) is 5.79. The highest BCUT2D eigenvalue weighted by atomic mass is 14.7. The SMILES string of the molecule is CCc1ccc(N=Cc2ccc(C#N)cc2)cc1. The molecule has 2 aromatic rings. The van der Waals surface area contributed by atoms with Gasteiger partial charge in [-0.2, -0.15) is 5.26 Å². The zero-order valence-electron chi connectivity index (χ0n) is 10.3. The fraction of sp³-hybridized carbons (Fsp3) is 0.125. The van der Waals surface area contributed by atoms with Gasteiger partial charge in [-0.3, -0.25) is 4.99 Å². The van der Waals surface area contributed by atoms with Crippen molar-refractivity contribution < 1.29 is 0 Å². The highest BCUT2D eigenvalue weighted by Gasteiger charge is 1.92. The third-order valence-corrected chi connectivity index (χ3v) is 2.75. The molecule has 0 amide bonds. The maximum Gasteiger partial charge on any atom is 0.0991 e. The molecular weight excluding hydrogens is 220 g/mol. The van der Waals surface area contributed by atoms with Crippen LogP contribution in [-0.4, -0.2) is 6.21 Å². The quantitative estimate of drug-likeness (QED) is 0.742. The van der Waals surface area contributed by atoms with Crippen LogP contribution in [0.25, 0.3) is 0 Å². The Morgan fingerprint density at radius 3 is 2.28 bits per heavy atom. The van der Waals surface area contributed by atoms with E-state index in [-0.39, 0.29) is 0 Å². The van der Waals surface area contributed by atoms with E-state index >= 15 is 0 Å². The van der Waals surface area contributed by atoms with E-state index < -0.39 is 0 Å². The lowest BCUT2D eigenvalue weighted by atomic mass is 10.1. The lowest BCUT2D eigenvalue weighted by Gasteiger charge is -1.97. The third-order valence-electron chi connectivity index (χ3n) is 2.75. The molecular formula is C16H14N2. The van der Waals surface area contributed by atoms with E-state index in [1.807, 2.05) is 30.5 Å². The van der Waals surface area contributed by atoms with Crippen LogP contribution in [0, 0.1) is 11.3 Å². The topological polar surface area (TPSA) is 36.1 Å². The number of nitrogens with zero attached hydrogens (tertiary/aromatic N) is 2. The van der Waals surface area contributed by atoms with Crippen molar-refractivity contribution in [2.24, 2.45) is 4.99 Å². The average molecular weight is 234 g/mol. The molecule has 0 aliphatic rings. The van der Waals surface area contributed by atoms with Gasteiger partial charge in [0.1, 0.15) is 0 Å². The van der Waals surface area contributed by atoms with Gasteiger partial charge in [0.05, 0.1) is 17.3 Å². The molecule has 0 atom stereocenters. The smallest absolute Gasteiger partial charge is 0.0991 e. The molecule has 0 saturated heterocycles. The first-order chi connectivity index (χ1) is 8.81. The van der Waals surface area contributed by atoms with Gasteiger partial charge in [0.2, 0.25) is 0 Å². The van der Waals surface area contributed by atoms with E-state index in [4.69, 9.17) is 5.26 Å². The molecule has 2 nitrogen and oxygen atoms in total. The van der Waals surface area contributed by atoms with Gasteiger partial charge >= 0.3 is 0 Å². The zero-order valence-corrected chi connectivity index (χ0v) is 10.3. The first-order valence-corrected chi connectivity index (χ1v) is 5.95. The predicted octanol–water partition coefficient (Wildman–Crippen LogP) is 3.87. The fourth-order valence-corrected chi connectivity index (χ4v) is 1.61. The van der Waals surface area contributed by atoms with Crippen LogP contribution in [0.2, 0.25) is 0 Å². The van der Waals surface area contributed by atoms with Crippen molar-refractivity contribution in [2.45, 2.75) is 13.3 Å². The molecule has 0 fully saturated rings. The number of hydrogen-bond acceptors (Lipinski definition) is 2. The van der Waals surface area contributed by atoms with Gasteiger partial charge < -0.3 is 0 Å². The highest BCUT2D eigenvalue weighted by Crippen LogP contribution is 2.13. The Bertz CT molecular complexity index is 572. The molecule has 0 unspecified atom stereocenters. The monoisotopic (exact) mass is 234 g/mol. The summed E-state index contributed by atoms with van der Waals surface area (Å²) in [5.74, 6) is 0. The van der Waals surface area contributed by atoms with Crippen molar-refractivity contribution in [1.82, 2.24) is 0 Å². The third kappa shape index (κ3) is 3.05. The number of rotatable bonds is 3. The van der Waals surface area contributed by atoms with E-state index in [1.165, 1.54) is 5.56 Å². The standard InChI is InChI=1S/C16H14N2/c1-2-13-7-9-16(10-8-13)18-12-15-5-3-14(11-17)4-6-15/h3-10,12H,2H2,1H3. The molecule has 18 heavy (non-hydrogen) atoms. The molecule has 0 aliphatic heterocycles. The Balaban J connectivity index is 2.11. The number of aryl methyl sites for hydroxylation is 1. The highest BCUT2D eigenvalue weighted by molar-refractivity contribution is 5.82. The van der Waals surface area contributed by atoms with E-state index in [9.17, 15) is 0 Å². The summed E-state index contributed by atoms with van der Waals surface area (Å²) in [7, 11) is 0. The first kappa shape index (κ1) is 12.1. The summed E-state index contributed by atoms with van der Waals surface area (Å²) in [6, 6.07) is 17.7. The van der Waals surface area contributed by atoms with Gasteiger partial charge in [-0.1, -0.05) is 31.2 Å². The second-order valence-electron chi connectivity index (χ2n) is 4.01. The normalized spacial score (nSPS) is 10.4. The second-order valence-corrected chi connectivity index (χ2v) is 4.01. The molecule has 2 rings (SSSR count). The fourth-order valence-electron chi connectivity index (χ4n) is 1.61. The minimum atomic E-state index is 0.666. The average Bonchev–Trinajstić information content (AvgIpc) is 2.46. The van der Waals surface area contributed by atoms with Crippen LogP contribution in [0.5, 0.6) is 0 Å². The summed E-state index contributed by atoms with van der Waals surface area (Å²) in [5.41, 5.74) is 3.91. The van der Waals surface area contributed by atoms with Gasteiger partial charge in [0.15, 0.2) is 0 Å². The lowest BCUT2D eigenvalue weighted by molar-refractivity contribution is 1.14. The zero-order chi connectivity index (χ0) is 12.8. The predicted molar refractivity (Wildman–Crippen MR) is 74.2 cm³/mol. The number of hydrogen-bond donors (Lipinski definition) is 0. The molecule has 0 spiro atoms. The van der Waals surface area contributed by atoms with Crippen LogP contribution in [0.3, 0.4) is 0 Å². The summed E-state index contributed by atoms with van der Waals surface area (Å²) in [4.78, 5) is 4.40. The van der Waals surface area contributed by atoms with Crippen LogP contribution in [0.4, 0.5) is 5.69 Å². The summed E-state index contributed by atoms with van der Waals surface area (Å²) in [6.45, 7) is 2.13. The van der Waals surface area contributed by atoms with Crippen LogP contribution in [0.15, 0.2) is 53.5 Å². The van der Waals surface area contributed by atoms with Crippen LogP contribution >= 0.6 is 0 Å². The molecule has 0 bridgehead atoms. The summed E-state index contributed by atoms with van der Waals surface area (Å²) >= 11 is 0. The van der Waals surface area contributed by atoms with E-state index in [2.05, 4.69) is 30.1 Å². The van der Waals surface area contributed by atoms with E-state index in [0.29, 0.717) is 5.56 Å². The Labute approximate surface area is 107 Å². The van der Waals surface area contributed by atoms with Crippen molar-refractivity contribution in [2.75, 3.05) is 0 Å². The minimum absolute atomic E-state index is 0.666. The summed E-state index contributed by atoms with van der Waals surface area (Å²) in [6.07, 6.45) is 2.85. The molecule has 0 N–H and O–H groups in total. The maximum absolute atomic E-state index is 8.70. The van der Waals surface area contributed by atoms with Crippen LogP contribution < -0.4 is 0 Å². The van der Waals surface area contributed by atoms with Gasteiger partial charge in [0.25, 0.3) is 0 Å². The maximum atomic E-state index is 8.70. The lowest BCUT2D eigenvalue weighted by Crippen LogP contribution is -1.81. The Hall–Kier alpha value is -2.40. The van der Waals surface area contributed by atoms with Crippen molar-refractivity contribution in [1.29, 1.82) is 5.26 Å². The van der Waals surface area contributed by atoms with Crippen molar-refractivity contribution in [3.8, 4) is 6.07 Å². The molecule has 0 aliphatic carbocycles. The molecule has 0 radical (unpaired) electrons. The minimum Gasteiger partial charge on any atom is -0.256 e. The largest absolute Gasteiger partial charge is 0.256 e. The summed E-state index contributed by atoms with van der Waals surface area (Å²) < 4.78 is 0. The van der Waals surface area contributed by atoms with Crippen LogP contribution in [0.1, 0.15) is 23.6 Å². The van der Waals surface area contributed by atoms with Gasteiger partial charge in [-0.25, -0.2) is 0 Å². The number of nitriles is 1. The molecule has 2 heteroatoms. The van der Waals surface area contributed by atoms with E-state index in [0.717, 1.165) is 17.7 Å². The molecule has 0 aromatic heterocycles. The van der Waals surface area contributed by atoms with Crippen LogP contribution in [-0.2, 0) is 6.42 Å². The Morgan fingerprint density at radius 2 is 1.72 bits per heavy atom. The van der Waals surface area contributed by atoms with Gasteiger partial charge in [-0.05, 0) is 41.8 Å². The molecule has 88 valence electrons. The number of benzene rings is 2. The van der Waals surface area contributed by atoms with Crippen molar-refractivity contribution >= 4 is 11.9 Å². The van der Waals surface area contributed by atoms with Crippen molar-refractivity contribution in [3.05, 3.63) is 65.2 Å². The van der Waals surface area contributed by atoms with E-state index in [1.54, 1.807) is 12.1 Å². The first-order valence-electron chi connectivity index (χ1n) is 5.95. The van der Waals surface area contributed by atoms with Crippen molar-refractivity contribution in [3.63, 3.8) is 0 Å². The molecule has 0 saturated carbocycles. The Morgan fingerprint density at radius 1 is 1.06 bits per heavy atom. The van der Waals surface area contributed by atoms with Gasteiger partial charge in [0, 0.05) is 6.21 Å². The number of aliphatic imine (C=N–C) groups is 1.